The van der Waals surface area contributed by atoms with Crippen molar-refractivity contribution in [2.24, 2.45) is 0 Å². The third-order valence-electron chi connectivity index (χ3n) is 2.39. The standard InChI is InChI=1S/C13H20N2O/c1-4-7-11(14-9-5-2)13-12(16-3)8-6-10-15-13/h4,6,8,10-11,14H,1,5,7,9H2,2-3H3. The van der Waals surface area contributed by atoms with Gasteiger partial charge in [0, 0.05) is 6.20 Å². The first kappa shape index (κ1) is 12.7. The van der Waals surface area contributed by atoms with Gasteiger partial charge in [-0.05, 0) is 31.5 Å². The molecule has 16 heavy (non-hydrogen) atoms. The Morgan fingerprint density at radius 2 is 2.44 bits per heavy atom. The van der Waals surface area contributed by atoms with Crippen molar-refractivity contribution >= 4 is 0 Å². The van der Waals surface area contributed by atoms with E-state index in [2.05, 4.69) is 23.8 Å². The van der Waals surface area contributed by atoms with Crippen LogP contribution in [0.2, 0.25) is 0 Å². The van der Waals surface area contributed by atoms with E-state index in [1.165, 1.54) is 0 Å². The highest BCUT2D eigenvalue weighted by molar-refractivity contribution is 5.29. The lowest BCUT2D eigenvalue weighted by Crippen LogP contribution is -2.23. The summed E-state index contributed by atoms with van der Waals surface area (Å²) in [6.45, 7) is 6.90. The fraction of sp³-hybridized carbons (Fsp3) is 0.462. The summed E-state index contributed by atoms with van der Waals surface area (Å²) in [6.07, 6.45) is 5.65. The molecule has 3 heteroatoms. The van der Waals surface area contributed by atoms with Crippen molar-refractivity contribution in [2.45, 2.75) is 25.8 Å². The quantitative estimate of drug-likeness (QED) is 0.717. The normalized spacial score (nSPS) is 12.1. The zero-order chi connectivity index (χ0) is 11.8. The van der Waals surface area contributed by atoms with Gasteiger partial charge in [0.2, 0.25) is 0 Å². The average Bonchev–Trinajstić information content (AvgIpc) is 2.34. The summed E-state index contributed by atoms with van der Waals surface area (Å²) >= 11 is 0. The monoisotopic (exact) mass is 220 g/mol. The van der Waals surface area contributed by atoms with Gasteiger partial charge in [0.1, 0.15) is 5.75 Å². The second-order valence-electron chi connectivity index (χ2n) is 3.62. The molecule has 0 aromatic carbocycles. The summed E-state index contributed by atoms with van der Waals surface area (Å²) in [6, 6.07) is 4.01. The molecule has 0 saturated heterocycles. The maximum absolute atomic E-state index is 5.32. The van der Waals surface area contributed by atoms with Gasteiger partial charge < -0.3 is 10.1 Å². The molecule has 1 aromatic rings. The lowest BCUT2D eigenvalue weighted by molar-refractivity contribution is 0.394. The summed E-state index contributed by atoms with van der Waals surface area (Å²) in [4.78, 5) is 4.39. The van der Waals surface area contributed by atoms with Gasteiger partial charge in [0.25, 0.3) is 0 Å². The summed E-state index contributed by atoms with van der Waals surface area (Å²) < 4.78 is 5.32. The van der Waals surface area contributed by atoms with Crippen LogP contribution in [0.15, 0.2) is 31.0 Å². The molecule has 0 amide bonds. The molecule has 1 aromatic heterocycles. The molecule has 3 nitrogen and oxygen atoms in total. The number of pyridine rings is 1. The predicted octanol–water partition coefficient (Wildman–Crippen LogP) is 2.71. The molecule has 0 bridgehead atoms. The number of rotatable bonds is 7. The van der Waals surface area contributed by atoms with Crippen LogP contribution >= 0.6 is 0 Å². The first-order valence-electron chi connectivity index (χ1n) is 5.66. The summed E-state index contributed by atoms with van der Waals surface area (Å²) in [7, 11) is 1.67. The van der Waals surface area contributed by atoms with Crippen molar-refractivity contribution in [2.75, 3.05) is 13.7 Å². The van der Waals surface area contributed by atoms with Crippen LogP contribution in [0.3, 0.4) is 0 Å². The third-order valence-corrected chi connectivity index (χ3v) is 2.39. The topological polar surface area (TPSA) is 34.2 Å². The minimum absolute atomic E-state index is 0.189. The van der Waals surface area contributed by atoms with Gasteiger partial charge in [-0.25, -0.2) is 0 Å². The molecular weight excluding hydrogens is 200 g/mol. The van der Waals surface area contributed by atoms with Crippen LogP contribution in [-0.4, -0.2) is 18.6 Å². The second-order valence-corrected chi connectivity index (χ2v) is 3.62. The van der Waals surface area contributed by atoms with E-state index in [1.54, 1.807) is 13.3 Å². The van der Waals surface area contributed by atoms with E-state index in [-0.39, 0.29) is 6.04 Å². The van der Waals surface area contributed by atoms with Crippen molar-refractivity contribution in [1.29, 1.82) is 0 Å². The Balaban J connectivity index is 2.85. The molecule has 0 aliphatic carbocycles. The molecule has 1 atom stereocenters. The first-order chi connectivity index (χ1) is 7.83. The summed E-state index contributed by atoms with van der Waals surface area (Å²) in [5.41, 5.74) is 0.957. The molecule has 0 saturated carbocycles. The number of nitrogens with zero attached hydrogens (tertiary/aromatic N) is 1. The number of hydrogen-bond acceptors (Lipinski definition) is 3. The van der Waals surface area contributed by atoms with Crippen LogP contribution in [0.1, 0.15) is 31.5 Å². The van der Waals surface area contributed by atoms with E-state index in [0.29, 0.717) is 0 Å². The Morgan fingerprint density at radius 1 is 1.62 bits per heavy atom. The number of ether oxygens (including phenoxy) is 1. The molecular formula is C13H20N2O. The molecule has 1 heterocycles. The number of methoxy groups -OCH3 is 1. The smallest absolute Gasteiger partial charge is 0.141 e. The van der Waals surface area contributed by atoms with E-state index in [9.17, 15) is 0 Å². The van der Waals surface area contributed by atoms with E-state index >= 15 is 0 Å². The van der Waals surface area contributed by atoms with Crippen LogP contribution < -0.4 is 10.1 Å². The fourth-order valence-electron chi connectivity index (χ4n) is 1.61. The van der Waals surface area contributed by atoms with E-state index in [4.69, 9.17) is 4.74 Å². The van der Waals surface area contributed by atoms with Crippen LogP contribution in [0.5, 0.6) is 5.75 Å². The fourth-order valence-corrected chi connectivity index (χ4v) is 1.61. The van der Waals surface area contributed by atoms with Gasteiger partial charge in [-0.3, -0.25) is 4.98 Å². The lowest BCUT2D eigenvalue weighted by Gasteiger charge is -2.18. The molecule has 0 aliphatic heterocycles. The van der Waals surface area contributed by atoms with Crippen molar-refractivity contribution in [1.82, 2.24) is 10.3 Å². The highest BCUT2D eigenvalue weighted by atomic mass is 16.5. The molecule has 0 fully saturated rings. The van der Waals surface area contributed by atoms with Crippen molar-refractivity contribution in [3.05, 3.63) is 36.7 Å². The van der Waals surface area contributed by atoms with E-state index < -0.39 is 0 Å². The zero-order valence-corrected chi connectivity index (χ0v) is 10.1. The molecule has 0 radical (unpaired) electrons. The van der Waals surface area contributed by atoms with E-state index in [1.807, 2.05) is 18.2 Å². The molecule has 0 spiro atoms. The average molecular weight is 220 g/mol. The SMILES string of the molecule is C=CCC(NCCC)c1ncccc1OC. The third kappa shape index (κ3) is 3.35. The molecule has 1 N–H and O–H groups in total. The Morgan fingerprint density at radius 3 is 3.06 bits per heavy atom. The first-order valence-corrected chi connectivity index (χ1v) is 5.66. The van der Waals surface area contributed by atoms with Gasteiger partial charge in [-0.15, -0.1) is 6.58 Å². The molecule has 0 aliphatic rings. The maximum atomic E-state index is 5.32. The Kier molecular flexibility index (Phi) is 5.57. The summed E-state index contributed by atoms with van der Waals surface area (Å²) in [5.74, 6) is 0.831. The molecule has 88 valence electrons. The minimum Gasteiger partial charge on any atom is -0.495 e. The zero-order valence-electron chi connectivity index (χ0n) is 10.1. The van der Waals surface area contributed by atoms with Crippen molar-refractivity contribution in [3.8, 4) is 5.75 Å². The number of hydrogen-bond donors (Lipinski definition) is 1. The molecule has 1 unspecified atom stereocenters. The number of aromatic nitrogens is 1. The molecule has 1 rings (SSSR count). The highest BCUT2D eigenvalue weighted by Crippen LogP contribution is 2.24. The van der Waals surface area contributed by atoms with Crippen LogP contribution in [0, 0.1) is 0 Å². The van der Waals surface area contributed by atoms with Crippen LogP contribution in [-0.2, 0) is 0 Å². The van der Waals surface area contributed by atoms with E-state index in [0.717, 1.165) is 30.8 Å². The van der Waals surface area contributed by atoms with Gasteiger partial charge in [-0.2, -0.15) is 0 Å². The van der Waals surface area contributed by atoms with Gasteiger partial charge in [-0.1, -0.05) is 13.0 Å². The second kappa shape index (κ2) is 7.01. The lowest BCUT2D eigenvalue weighted by atomic mass is 10.1. The van der Waals surface area contributed by atoms with Crippen molar-refractivity contribution < 1.29 is 4.74 Å². The van der Waals surface area contributed by atoms with Crippen molar-refractivity contribution in [3.63, 3.8) is 0 Å². The Bertz CT molecular complexity index is 325. The van der Waals surface area contributed by atoms with Crippen LogP contribution in [0.25, 0.3) is 0 Å². The van der Waals surface area contributed by atoms with Gasteiger partial charge in [0.05, 0.1) is 18.8 Å². The van der Waals surface area contributed by atoms with Gasteiger partial charge in [0.15, 0.2) is 0 Å². The largest absolute Gasteiger partial charge is 0.495 e. The minimum atomic E-state index is 0.189. The van der Waals surface area contributed by atoms with Crippen LogP contribution in [0.4, 0.5) is 0 Å². The highest BCUT2D eigenvalue weighted by Gasteiger charge is 2.14. The number of nitrogens with one attached hydrogen (secondary N) is 1. The Labute approximate surface area is 97.5 Å². The predicted molar refractivity (Wildman–Crippen MR) is 66.6 cm³/mol. The Hall–Kier alpha value is -1.35. The maximum Gasteiger partial charge on any atom is 0.141 e. The van der Waals surface area contributed by atoms with Gasteiger partial charge >= 0.3 is 0 Å². The summed E-state index contributed by atoms with van der Waals surface area (Å²) in [5, 5.41) is 3.45.